The lowest BCUT2D eigenvalue weighted by Gasteiger charge is -2.17. The SMILES string of the molecule is CNCc1cnc(N(C)Cc2cccc(Cl)c2)nc1. The fourth-order valence-corrected chi connectivity index (χ4v) is 2.03. The minimum atomic E-state index is 0.708. The molecule has 0 atom stereocenters. The number of anilines is 1. The Balaban J connectivity index is 2.05. The van der Waals surface area contributed by atoms with E-state index in [2.05, 4.69) is 15.3 Å². The van der Waals surface area contributed by atoms with Crippen LogP contribution in [-0.4, -0.2) is 24.1 Å². The Morgan fingerprint density at radius 1 is 1.21 bits per heavy atom. The van der Waals surface area contributed by atoms with Crippen molar-refractivity contribution in [2.45, 2.75) is 13.1 Å². The third-order valence-electron chi connectivity index (χ3n) is 2.72. The molecule has 0 amide bonds. The second kappa shape index (κ2) is 6.50. The maximum absolute atomic E-state index is 5.97. The number of nitrogens with zero attached hydrogens (tertiary/aromatic N) is 3. The van der Waals surface area contributed by atoms with Crippen LogP contribution in [0.25, 0.3) is 0 Å². The van der Waals surface area contributed by atoms with Crippen LogP contribution in [0.2, 0.25) is 5.02 Å². The molecule has 2 aromatic rings. The Morgan fingerprint density at radius 2 is 1.95 bits per heavy atom. The summed E-state index contributed by atoms with van der Waals surface area (Å²) in [7, 11) is 3.87. The zero-order valence-corrected chi connectivity index (χ0v) is 11.9. The largest absolute Gasteiger partial charge is 0.340 e. The molecule has 0 spiro atoms. The van der Waals surface area contributed by atoms with Gasteiger partial charge in [0.25, 0.3) is 0 Å². The normalized spacial score (nSPS) is 10.5. The molecule has 0 saturated heterocycles. The van der Waals surface area contributed by atoms with Gasteiger partial charge in [-0.3, -0.25) is 0 Å². The zero-order chi connectivity index (χ0) is 13.7. The van der Waals surface area contributed by atoms with Gasteiger partial charge in [-0.25, -0.2) is 9.97 Å². The summed E-state index contributed by atoms with van der Waals surface area (Å²) < 4.78 is 0. The van der Waals surface area contributed by atoms with E-state index in [1.54, 1.807) is 0 Å². The summed E-state index contributed by atoms with van der Waals surface area (Å²) in [6.45, 7) is 1.50. The van der Waals surface area contributed by atoms with E-state index in [-0.39, 0.29) is 0 Å². The van der Waals surface area contributed by atoms with E-state index in [0.29, 0.717) is 5.95 Å². The molecule has 19 heavy (non-hydrogen) atoms. The van der Waals surface area contributed by atoms with Crippen LogP contribution in [0.1, 0.15) is 11.1 Å². The lowest BCUT2D eigenvalue weighted by Crippen LogP contribution is -2.19. The van der Waals surface area contributed by atoms with Crippen molar-refractivity contribution in [1.29, 1.82) is 0 Å². The quantitative estimate of drug-likeness (QED) is 0.911. The molecule has 2 rings (SSSR count). The molecule has 1 aromatic heterocycles. The van der Waals surface area contributed by atoms with Crippen molar-refractivity contribution < 1.29 is 0 Å². The second-order valence-electron chi connectivity index (χ2n) is 4.41. The van der Waals surface area contributed by atoms with Crippen molar-refractivity contribution >= 4 is 17.5 Å². The highest BCUT2D eigenvalue weighted by molar-refractivity contribution is 6.30. The highest BCUT2D eigenvalue weighted by atomic mass is 35.5. The molecule has 0 aliphatic heterocycles. The summed E-state index contributed by atoms with van der Waals surface area (Å²) in [5, 5.41) is 3.82. The van der Waals surface area contributed by atoms with Gasteiger partial charge in [0.1, 0.15) is 0 Å². The average Bonchev–Trinajstić information content (AvgIpc) is 2.40. The fourth-order valence-electron chi connectivity index (χ4n) is 1.82. The van der Waals surface area contributed by atoms with Gasteiger partial charge in [0.05, 0.1) is 0 Å². The number of halogens is 1. The van der Waals surface area contributed by atoms with Gasteiger partial charge in [0.2, 0.25) is 5.95 Å². The molecule has 0 fully saturated rings. The first-order valence-electron chi connectivity index (χ1n) is 6.10. The van der Waals surface area contributed by atoms with E-state index in [9.17, 15) is 0 Å². The summed E-state index contributed by atoms with van der Waals surface area (Å²) in [6.07, 6.45) is 3.68. The summed E-state index contributed by atoms with van der Waals surface area (Å²) in [4.78, 5) is 10.7. The maximum atomic E-state index is 5.97. The third-order valence-corrected chi connectivity index (χ3v) is 2.96. The number of hydrogen-bond donors (Lipinski definition) is 1. The molecule has 5 heteroatoms. The van der Waals surface area contributed by atoms with Crippen molar-refractivity contribution in [3.05, 3.63) is 52.8 Å². The number of benzene rings is 1. The molecule has 0 bridgehead atoms. The van der Waals surface area contributed by atoms with Crippen LogP contribution in [0.3, 0.4) is 0 Å². The molecule has 4 nitrogen and oxygen atoms in total. The van der Waals surface area contributed by atoms with Crippen LogP contribution in [0.5, 0.6) is 0 Å². The van der Waals surface area contributed by atoms with Crippen LogP contribution >= 0.6 is 11.6 Å². The van der Waals surface area contributed by atoms with E-state index in [1.807, 2.05) is 55.7 Å². The van der Waals surface area contributed by atoms with Gasteiger partial charge >= 0.3 is 0 Å². The molecule has 0 saturated carbocycles. The van der Waals surface area contributed by atoms with Crippen molar-refractivity contribution in [2.75, 3.05) is 19.0 Å². The average molecular weight is 277 g/mol. The number of hydrogen-bond acceptors (Lipinski definition) is 4. The van der Waals surface area contributed by atoms with Gasteiger partial charge in [-0.1, -0.05) is 23.7 Å². The van der Waals surface area contributed by atoms with Crippen LogP contribution < -0.4 is 10.2 Å². The van der Waals surface area contributed by atoms with Gasteiger partial charge in [-0.15, -0.1) is 0 Å². The minimum absolute atomic E-state index is 0.708. The van der Waals surface area contributed by atoms with Gasteiger partial charge < -0.3 is 10.2 Å². The van der Waals surface area contributed by atoms with Crippen LogP contribution in [0.4, 0.5) is 5.95 Å². The third kappa shape index (κ3) is 3.91. The van der Waals surface area contributed by atoms with Crippen molar-refractivity contribution in [2.24, 2.45) is 0 Å². The molecule has 1 aromatic carbocycles. The van der Waals surface area contributed by atoms with E-state index < -0.39 is 0 Å². The molecular weight excluding hydrogens is 260 g/mol. The summed E-state index contributed by atoms with van der Waals surface area (Å²) in [5.74, 6) is 0.708. The van der Waals surface area contributed by atoms with Gasteiger partial charge in [0.15, 0.2) is 0 Å². The van der Waals surface area contributed by atoms with Crippen molar-refractivity contribution in [3.63, 3.8) is 0 Å². The van der Waals surface area contributed by atoms with Crippen LogP contribution in [0.15, 0.2) is 36.7 Å². The number of nitrogens with one attached hydrogen (secondary N) is 1. The highest BCUT2D eigenvalue weighted by Crippen LogP contribution is 2.14. The Kier molecular flexibility index (Phi) is 4.71. The molecule has 100 valence electrons. The monoisotopic (exact) mass is 276 g/mol. The topological polar surface area (TPSA) is 41.1 Å². The Labute approximate surface area is 118 Å². The molecular formula is C14H17ClN4. The predicted octanol–water partition coefficient (Wildman–Crippen LogP) is 2.49. The Morgan fingerprint density at radius 3 is 2.58 bits per heavy atom. The molecule has 0 unspecified atom stereocenters. The van der Waals surface area contributed by atoms with E-state index in [4.69, 9.17) is 11.6 Å². The van der Waals surface area contributed by atoms with Crippen molar-refractivity contribution in [1.82, 2.24) is 15.3 Å². The lowest BCUT2D eigenvalue weighted by molar-refractivity contribution is 0.797. The summed E-state index contributed by atoms with van der Waals surface area (Å²) in [5.41, 5.74) is 2.21. The molecule has 1 N–H and O–H groups in total. The number of rotatable bonds is 5. The van der Waals surface area contributed by atoms with Crippen LogP contribution in [0, 0.1) is 0 Å². The minimum Gasteiger partial charge on any atom is -0.340 e. The summed E-state index contributed by atoms with van der Waals surface area (Å²) in [6, 6.07) is 7.81. The molecule has 0 aliphatic rings. The van der Waals surface area contributed by atoms with Gasteiger partial charge in [-0.2, -0.15) is 0 Å². The first-order valence-corrected chi connectivity index (χ1v) is 6.48. The predicted molar refractivity (Wildman–Crippen MR) is 78.4 cm³/mol. The smallest absolute Gasteiger partial charge is 0.225 e. The van der Waals surface area contributed by atoms with Crippen molar-refractivity contribution in [3.8, 4) is 0 Å². The summed E-state index contributed by atoms with van der Waals surface area (Å²) >= 11 is 5.97. The fraction of sp³-hybridized carbons (Fsp3) is 0.286. The van der Waals surface area contributed by atoms with E-state index in [1.165, 1.54) is 0 Å². The standard InChI is InChI=1S/C14H17ClN4/c1-16-7-12-8-17-14(18-9-12)19(2)10-11-4-3-5-13(15)6-11/h3-6,8-9,16H,7,10H2,1-2H3. The molecule has 0 radical (unpaired) electrons. The maximum Gasteiger partial charge on any atom is 0.225 e. The first kappa shape index (κ1) is 13.8. The Hall–Kier alpha value is -1.65. The zero-order valence-electron chi connectivity index (χ0n) is 11.1. The molecule has 0 aliphatic carbocycles. The number of aromatic nitrogens is 2. The van der Waals surface area contributed by atoms with E-state index in [0.717, 1.165) is 29.2 Å². The second-order valence-corrected chi connectivity index (χ2v) is 4.84. The highest BCUT2D eigenvalue weighted by Gasteiger charge is 2.05. The molecule has 1 heterocycles. The van der Waals surface area contributed by atoms with Crippen LogP contribution in [-0.2, 0) is 13.1 Å². The van der Waals surface area contributed by atoms with E-state index >= 15 is 0 Å². The Bertz CT molecular complexity index is 527. The van der Waals surface area contributed by atoms with Gasteiger partial charge in [0, 0.05) is 43.1 Å². The lowest BCUT2D eigenvalue weighted by atomic mass is 10.2. The van der Waals surface area contributed by atoms with Gasteiger partial charge in [-0.05, 0) is 24.7 Å². The first-order chi connectivity index (χ1) is 9.19.